The maximum Gasteiger partial charge on any atom is 0.272 e. The third-order valence-corrected chi connectivity index (χ3v) is 18.7. The van der Waals surface area contributed by atoms with Gasteiger partial charge in [0.2, 0.25) is 0 Å². The van der Waals surface area contributed by atoms with E-state index in [9.17, 15) is 14.0 Å². The van der Waals surface area contributed by atoms with Crippen molar-refractivity contribution in [1.29, 1.82) is 0 Å². The van der Waals surface area contributed by atoms with Crippen molar-refractivity contribution in [3.05, 3.63) is 248 Å². The molecule has 15 nitrogen and oxygen atoms in total. The first kappa shape index (κ1) is 79.5. The maximum atomic E-state index is 13.9. The summed E-state index contributed by atoms with van der Waals surface area (Å²) in [6.07, 6.45) is 12.8. The van der Waals surface area contributed by atoms with Crippen LogP contribution in [0.3, 0.4) is 0 Å². The van der Waals surface area contributed by atoms with E-state index >= 15 is 0 Å². The van der Waals surface area contributed by atoms with Crippen molar-refractivity contribution < 1.29 is 9.18 Å². The molecular formula is C88H110FN13O2. The number of nitrogen functional groups attached to an aromatic ring is 4. The summed E-state index contributed by atoms with van der Waals surface area (Å²) < 4.78 is 13.9. The molecule has 12 aromatic rings. The molecule has 1 aliphatic heterocycles. The Morgan fingerprint density at radius 1 is 0.394 bits per heavy atom. The maximum absolute atomic E-state index is 13.9. The Kier molecular flexibility index (Phi) is 24.3. The van der Waals surface area contributed by atoms with Gasteiger partial charge in [0.05, 0.1) is 17.0 Å². The lowest BCUT2D eigenvalue weighted by Gasteiger charge is -2.23. The number of pyridine rings is 3. The molecular weight excluding hydrogens is 1290 g/mol. The summed E-state index contributed by atoms with van der Waals surface area (Å²) >= 11 is 0. The standard InChI is InChI=1S/C13H15FN2.C13H16N2.C13H15N.C13H18.C12H15N3O.C12H15N3.C12H16N2O/c1-13(2,3)9-6-8-4-5-16-12(15)11(8)10(14)7-9;1-13(2,3)11-5-4-9-8-15-12(14)7-10(9)6-11;1-13(2,3)12-5-4-11-9-14-7-6-10(11)8-12;1-13(2,3)12-8-7-10-5-4-6-11(10)9-12;1-12(2,3)7-4-5-8-9(6-7)11(16)15-14-10(8)13;1-12(2,3)9-4-5-10-8(6-9)7-14-15-11(10)13;1-12(2,3)9-5-4-8-7-13-14-11(15)10(8)6-9/h4-7H,1-3H3,(H2,15,16);4-8H,1-3H3,(H2,14,15);4-9H,1-3H3;7-9H,4-6H2,1-3H3;4-6H,1-3H3,(H2,13,14)(H,15,16);4-7H,1-3H3,(H2,13,15);4-6,13H,7H2,1-3H3,(H,14,15). The number of aromatic amines is 1. The molecule has 5 aromatic heterocycles. The number of carbonyl (C=O) groups excluding carboxylic acids is 1. The highest BCUT2D eigenvalue weighted by Crippen LogP contribution is 2.34. The van der Waals surface area contributed by atoms with Crippen molar-refractivity contribution in [2.45, 2.75) is 209 Å². The van der Waals surface area contributed by atoms with Crippen molar-refractivity contribution in [1.82, 2.24) is 46.2 Å². The quantitative estimate of drug-likeness (QED) is 0.0747. The fourth-order valence-electron chi connectivity index (χ4n) is 11.9. The van der Waals surface area contributed by atoms with Crippen LogP contribution in [-0.2, 0) is 57.3 Å². The molecule has 2 aliphatic rings. The zero-order chi connectivity index (χ0) is 76.7. The molecule has 1 amide bonds. The fourth-order valence-corrected chi connectivity index (χ4v) is 11.9. The van der Waals surface area contributed by atoms with Gasteiger partial charge in [-0.3, -0.25) is 20.0 Å². The largest absolute Gasteiger partial charge is 0.384 e. The van der Waals surface area contributed by atoms with Gasteiger partial charge in [0.1, 0.15) is 17.5 Å². The second-order valence-corrected chi connectivity index (χ2v) is 34.4. The number of anilines is 4. The summed E-state index contributed by atoms with van der Waals surface area (Å²) in [5.41, 5.74) is 42.7. The number of fused-ring (bicyclic) bond motifs is 7. The van der Waals surface area contributed by atoms with E-state index in [1.807, 2.05) is 67.1 Å². The van der Waals surface area contributed by atoms with Crippen LogP contribution >= 0.6 is 0 Å². The van der Waals surface area contributed by atoms with Crippen LogP contribution in [-0.4, -0.2) is 41.3 Å². The Morgan fingerprint density at radius 2 is 0.885 bits per heavy atom. The second kappa shape index (κ2) is 31.8. The van der Waals surface area contributed by atoms with Crippen LogP contribution in [0.5, 0.6) is 0 Å². The van der Waals surface area contributed by atoms with Crippen LogP contribution in [0.15, 0.2) is 175 Å². The number of aromatic nitrogens is 7. The minimum Gasteiger partial charge on any atom is -0.384 e. The van der Waals surface area contributed by atoms with E-state index in [1.54, 1.807) is 35.7 Å². The predicted octanol–water partition coefficient (Wildman–Crippen LogP) is 19.4. The summed E-state index contributed by atoms with van der Waals surface area (Å²) in [5, 5.41) is 23.1. The molecule has 14 rings (SSSR count). The van der Waals surface area contributed by atoms with Gasteiger partial charge in [-0.05, 0) is 171 Å². The summed E-state index contributed by atoms with van der Waals surface area (Å²) in [7, 11) is 0. The van der Waals surface area contributed by atoms with Gasteiger partial charge in [-0.15, -0.1) is 5.10 Å². The van der Waals surface area contributed by atoms with E-state index in [2.05, 4.69) is 270 Å². The molecule has 0 unspecified atom stereocenters. The molecule has 7 aromatic carbocycles. The topological polar surface area (TPSA) is 255 Å². The number of amides is 1. The van der Waals surface area contributed by atoms with E-state index < -0.39 is 0 Å². The molecule has 0 saturated heterocycles. The molecule has 11 N–H and O–H groups in total. The van der Waals surface area contributed by atoms with E-state index in [-0.39, 0.29) is 55.6 Å². The van der Waals surface area contributed by atoms with Crippen molar-refractivity contribution >= 4 is 83.0 Å². The molecule has 104 heavy (non-hydrogen) atoms. The van der Waals surface area contributed by atoms with Gasteiger partial charge < -0.3 is 22.9 Å². The summed E-state index contributed by atoms with van der Waals surface area (Å²) in [4.78, 5) is 35.3. The SMILES string of the molecule is CC(C)(C)c1cc(F)c2c(N)nccc2c1.CC(C)(C)c1ccc2c(N)n[nH]c(=O)c2c1.CC(C)(C)c1ccc2c(N)nncc2c1.CC(C)(C)c1ccc2c(c1)C(=O)NNC2.CC(C)(C)c1ccc2c(c1)CCC2.CC(C)(C)c1ccc2cnc(N)cc2c1.CC(C)(C)c1ccc2cnccc2c1. The third kappa shape index (κ3) is 20.8. The van der Waals surface area contributed by atoms with Crippen LogP contribution in [0, 0.1) is 5.82 Å². The second-order valence-electron chi connectivity index (χ2n) is 34.4. The number of nitrogens with zero attached hydrogens (tertiary/aromatic N) is 6. The number of benzene rings is 7. The first-order valence-corrected chi connectivity index (χ1v) is 35.8. The van der Waals surface area contributed by atoms with Crippen molar-refractivity contribution in [2.24, 2.45) is 0 Å². The van der Waals surface area contributed by atoms with E-state index in [0.29, 0.717) is 45.6 Å². The number of nitrogens with one attached hydrogen (secondary N) is 3. The number of carbonyl (C=O) groups is 1. The summed E-state index contributed by atoms with van der Waals surface area (Å²) in [5.74, 6) is 1.34. The minimum atomic E-state index is -0.298. The van der Waals surface area contributed by atoms with E-state index in [1.165, 1.54) is 57.9 Å². The molecule has 0 saturated carbocycles. The van der Waals surface area contributed by atoms with E-state index in [0.717, 1.165) is 49.2 Å². The van der Waals surface area contributed by atoms with Crippen molar-refractivity contribution in [3.63, 3.8) is 0 Å². The summed E-state index contributed by atoms with van der Waals surface area (Å²) in [6.45, 7) is 46.3. The Hall–Kier alpha value is -10.2. The normalized spacial score (nSPS) is 13.0. The van der Waals surface area contributed by atoms with Crippen LogP contribution in [0.25, 0.3) is 53.9 Å². The molecule has 16 heteroatoms. The van der Waals surface area contributed by atoms with Crippen LogP contribution < -0.4 is 39.3 Å². The number of halogens is 1. The monoisotopic (exact) mass is 1400 g/mol. The molecule has 0 fully saturated rings. The number of rotatable bonds is 0. The summed E-state index contributed by atoms with van der Waals surface area (Å²) in [6, 6.07) is 47.4. The average molecular weight is 1400 g/mol. The smallest absolute Gasteiger partial charge is 0.272 e. The number of hydrogen-bond donors (Lipinski definition) is 7. The lowest BCUT2D eigenvalue weighted by molar-refractivity contribution is 0.0919. The third-order valence-electron chi connectivity index (χ3n) is 18.7. The molecule has 546 valence electrons. The number of hydrazine groups is 1. The Morgan fingerprint density at radius 3 is 1.49 bits per heavy atom. The van der Waals surface area contributed by atoms with Gasteiger partial charge in [0.25, 0.3) is 11.5 Å². The molecule has 6 heterocycles. The number of aryl methyl sites for hydroxylation is 2. The van der Waals surface area contributed by atoms with Gasteiger partial charge in [-0.25, -0.2) is 24.9 Å². The fraction of sp³-hybridized carbons (Fsp3) is 0.364. The molecule has 0 atom stereocenters. The van der Waals surface area contributed by atoms with Crippen LogP contribution in [0.2, 0.25) is 0 Å². The number of nitrogens with two attached hydrogens (primary N) is 4. The molecule has 0 radical (unpaired) electrons. The van der Waals surface area contributed by atoms with Crippen molar-refractivity contribution in [2.75, 3.05) is 22.9 Å². The molecule has 0 bridgehead atoms. The van der Waals surface area contributed by atoms with Gasteiger partial charge in [-0.2, -0.15) is 10.2 Å². The number of hydrogen-bond acceptors (Lipinski definition) is 13. The van der Waals surface area contributed by atoms with Crippen molar-refractivity contribution in [3.8, 4) is 0 Å². The van der Waals surface area contributed by atoms with Crippen LogP contribution in [0.1, 0.15) is 218 Å². The Balaban J connectivity index is 0.000000154. The average Bonchev–Trinajstić information content (AvgIpc) is 0.891. The van der Waals surface area contributed by atoms with E-state index in [4.69, 9.17) is 22.9 Å². The number of H-pyrrole nitrogens is 1. The highest BCUT2D eigenvalue weighted by molar-refractivity contribution is 5.97. The van der Waals surface area contributed by atoms with Crippen LogP contribution in [0.4, 0.5) is 27.7 Å². The van der Waals surface area contributed by atoms with Gasteiger partial charge in [-0.1, -0.05) is 242 Å². The van der Waals surface area contributed by atoms with Gasteiger partial charge in [0, 0.05) is 63.8 Å². The minimum absolute atomic E-state index is 0.0126. The van der Waals surface area contributed by atoms with Gasteiger partial charge in [0.15, 0.2) is 11.6 Å². The van der Waals surface area contributed by atoms with Gasteiger partial charge >= 0.3 is 0 Å². The first-order chi connectivity index (χ1) is 48.4. The zero-order valence-corrected chi connectivity index (χ0v) is 65.2. The Bertz CT molecular complexity index is 5070. The highest BCUT2D eigenvalue weighted by Gasteiger charge is 2.24. The lowest BCUT2D eigenvalue weighted by Crippen LogP contribution is -2.42. The highest BCUT2D eigenvalue weighted by atomic mass is 19.1. The molecule has 1 aliphatic carbocycles. The Labute approximate surface area is 615 Å². The predicted molar refractivity (Wildman–Crippen MR) is 435 cm³/mol. The zero-order valence-electron chi connectivity index (χ0n) is 65.2. The molecule has 0 spiro atoms. The first-order valence-electron chi connectivity index (χ1n) is 35.8. The lowest BCUT2D eigenvalue weighted by atomic mass is 9.85.